The van der Waals surface area contributed by atoms with Crippen LogP contribution in [0.5, 0.6) is 5.75 Å². The Morgan fingerprint density at radius 3 is 2.28 bits per heavy atom. The Bertz CT molecular complexity index is 821. The van der Waals surface area contributed by atoms with Gasteiger partial charge < -0.3 is 20.5 Å². The minimum absolute atomic E-state index is 0.191. The van der Waals surface area contributed by atoms with Gasteiger partial charge in [0.25, 0.3) is 11.8 Å². The molecule has 2 amide bonds. The highest BCUT2D eigenvalue weighted by molar-refractivity contribution is 5.92. The topological polar surface area (TPSA) is 108 Å². The molecule has 0 spiro atoms. The Kier molecular flexibility index (Phi) is 8.21. The van der Waals surface area contributed by atoms with Crippen molar-refractivity contribution in [1.29, 1.82) is 0 Å². The molecular formula is C22H26N2O5. The smallest absolute Gasteiger partial charge is 0.338 e. The predicted molar refractivity (Wildman–Crippen MR) is 108 cm³/mol. The molecule has 0 unspecified atom stereocenters. The van der Waals surface area contributed by atoms with E-state index >= 15 is 0 Å². The second kappa shape index (κ2) is 10.8. The second-order valence-electron chi connectivity index (χ2n) is 6.59. The van der Waals surface area contributed by atoms with E-state index in [2.05, 4.69) is 12.2 Å². The first-order valence-corrected chi connectivity index (χ1v) is 9.45. The molecule has 2 atom stereocenters. The lowest BCUT2D eigenvalue weighted by Crippen LogP contribution is -2.38. The number of ether oxygens (including phenoxy) is 2. The van der Waals surface area contributed by atoms with Crippen LogP contribution in [0.2, 0.25) is 0 Å². The summed E-state index contributed by atoms with van der Waals surface area (Å²) in [6.45, 7) is 3.81. The Labute approximate surface area is 170 Å². The van der Waals surface area contributed by atoms with Crippen molar-refractivity contribution in [2.75, 3.05) is 13.2 Å². The summed E-state index contributed by atoms with van der Waals surface area (Å²) in [5.74, 6) is -0.974. The molecule has 0 aliphatic rings. The van der Waals surface area contributed by atoms with Crippen molar-refractivity contribution in [3.63, 3.8) is 0 Å². The zero-order valence-corrected chi connectivity index (χ0v) is 16.6. The second-order valence-corrected chi connectivity index (χ2v) is 6.59. The Hall–Kier alpha value is -3.35. The molecule has 0 aliphatic heterocycles. The third-order valence-electron chi connectivity index (χ3n) is 4.41. The molecule has 0 fully saturated rings. The number of amides is 2. The number of carbonyl (C=O) groups is 3. The van der Waals surface area contributed by atoms with E-state index in [1.807, 2.05) is 30.3 Å². The van der Waals surface area contributed by atoms with Gasteiger partial charge in [-0.1, -0.05) is 37.3 Å². The lowest BCUT2D eigenvalue weighted by Gasteiger charge is -2.18. The van der Waals surface area contributed by atoms with E-state index in [0.29, 0.717) is 12.3 Å². The summed E-state index contributed by atoms with van der Waals surface area (Å²) in [5.41, 5.74) is 6.43. The molecule has 2 aromatic carbocycles. The van der Waals surface area contributed by atoms with Crippen LogP contribution < -0.4 is 15.8 Å². The third kappa shape index (κ3) is 6.95. The summed E-state index contributed by atoms with van der Waals surface area (Å²) >= 11 is 0. The first-order valence-electron chi connectivity index (χ1n) is 9.45. The molecule has 0 aromatic heterocycles. The number of nitrogens with one attached hydrogen (secondary N) is 1. The molecule has 3 N–H and O–H groups in total. The summed E-state index contributed by atoms with van der Waals surface area (Å²) in [7, 11) is 0. The monoisotopic (exact) mass is 398 g/mol. The van der Waals surface area contributed by atoms with E-state index < -0.39 is 18.0 Å². The summed E-state index contributed by atoms with van der Waals surface area (Å²) < 4.78 is 10.4. The highest BCUT2D eigenvalue weighted by Crippen LogP contribution is 2.18. The lowest BCUT2D eigenvalue weighted by molar-refractivity contribution is -0.129. The van der Waals surface area contributed by atoms with Gasteiger partial charge in [-0.15, -0.1) is 0 Å². The van der Waals surface area contributed by atoms with Crippen LogP contribution in [0.25, 0.3) is 0 Å². The summed E-state index contributed by atoms with van der Waals surface area (Å²) in [6, 6.07) is 16.0. The largest absolute Gasteiger partial charge is 0.484 e. The van der Waals surface area contributed by atoms with Gasteiger partial charge in [0.15, 0.2) is 12.7 Å². The van der Waals surface area contributed by atoms with E-state index in [4.69, 9.17) is 15.2 Å². The summed E-state index contributed by atoms with van der Waals surface area (Å²) in [5, 5.41) is 2.85. The zero-order chi connectivity index (χ0) is 21.2. The van der Waals surface area contributed by atoms with Gasteiger partial charge >= 0.3 is 5.97 Å². The molecule has 0 aliphatic carbocycles. The maximum absolute atomic E-state index is 12.3. The Morgan fingerprint density at radius 1 is 1.03 bits per heavy atom. The molecule has 0 heterocycles. The molecule has 0 radical (unpaired) electrons. The van der Waals surface area contributed by atoms with Crippen LogP contribution in [0.1, 0.15) is 42.1 Å². The summed E-state index contributed by atoms with van der Waals surface area (Å²) in [6.07, 6.45) is -0.0515. The van der Waals surface area contributed by atoms with E-state index in [9.17, 15) is 14.4 Å². The lowest BCUT2D eigenvalue weighted by atomic mass is 9.96. The highest BCUT2D eigenvalue weighted by atomic mass is 16.5. The number of primary amides is 1. The number of hydrogen-bond acceptors (Lipinski definition) is 5. The van der Waals surface area contributed by atoms with Gasteiger partial charge in [-0.25, -0.2) is 4.79 Å². The van der Waals surface area contributed by atoms with Crippen LogP contribution in [0.4, 0.5) is 0 Å². The average molecular weight is 398 g/mol. The minimum atomic E-state index is -0.929. The molecular weight excluding hydrogens is 372 g/mol. The Balaban J connectivity index is 1.85. The minimum Gasteiger partial charge on any atom is -0.484 e. The number of hydrogen-bond donors (Lipinski definition) is 2. The van der Waals surface area contributed by atoms with Crippen molar-refractivity contribution >= 4 is 17.8 Å². The van der Waals surface area contributed by atoms with Crippen LogP contribution in [0.15, 0.2) is 54.6 Å². The number of benzene rings is 2. The van der Waals surface area contributed by atoms with E-state index in [-0.39, 0.29) is 24.0 Å². The van der Waals surface area contributed by atoms with Crippen LogP contribution >= 0.6 is 0 Å². The fourth-order valence-electron chi connectivity index (χ4n) is 2.71. The molecule has 154 valence electrons. The first-order chi connectivity index (χ1) is 13.9. The van der Waals surface area contributed by atoms with Gasteiger partial charge in [0.2, 0.25) is 0 Å². The van der Waals surface area contributed by atoms with Crippen LogP contribution in [-0.2, 0) is 14.3 Å². The van der Waals surface area contributed by atoms with Crippen LogP contribution in [0, 0.1) is 0 Å². The SMILES string of the molecule is CC[C@@H](CNC(=O)[C@@H](C)OC(=O)c1ccc(OCC(N)=O)cc1)c1ccccc1. The number of nitrogens with two attached hydrogens (primary N) is 1. The molecule has 0 saturated heterocycles. The quantitative estimate of drug-likeness (QED) is 0.598. The molecule has 2 aromatic rings. The predicted octanol–water partition coefficient (Wildman–Crippen LogP) is 2.41. The van der Waals surface area contributed by atoms with Gasteiger partial charge in [-0.05, 0) is 43.2 Å². The first kappa shape index (κ1) is 21.9. The molecule has 29 heavy (non-hydrogen) atoms. The summed E-state index contributed by atoms with van der Waals surface area (Å²) in [4.78, 5) is 35.3. The van der Waals surface area contributed by atoms with Crippen molar-refractivity contribution in [3.8, 4) is 5.75 Å². The van der Waals surface area contributed by atoms with Crippen molar-refractivity contribution < 1.29 is 23.9 Å². The van der Waals surface area contributed by atoms with Crippen LogP contribution in [0.3, 0.4) is 0 Å². The third-order valence-corrected chi connectivity index (χ3v) is 4.41. The highest BCUT2D eigenvalue weighted by Gasteiger charge is 2.20. The average Bonchev–Trinajstić information content (AvgIpc) is 2.73. The van der Waals surface area contributed by atoms with Gasteiger partial charge in [0.05, 0.1) is 5.56 Å². The standard InChI is InChI=1S/C22H26N2O5/c1-3-16(17-7-5-4-6-8-17)13-24-21(26)15(2)29-22(27)18-9-11-19(12-10-18)28-14-20(23)25/h4-12,15-16H,3,13-14H2,1-2H3,(H2,23,25)(H,24,26)/t15-,16+/m1/s1. The van der Waals surface area contributed by atoms with Gasteiger partial charge in [0.1, 0.15) is 5.75 Å². The van der Waals surface area contributed by atoms with Crippen molar-refractivity contribution in [2.45, 2.75) is 32.3 Å². The van der Waals surface area contributed by atoms with Crippen molar-refractivity contribution in [3.05, 3.63) is 65.7 Å². The van der Waals surface area contributed by atoms with Gasteiger partial charge in [-0.2, -0.15) is 0 Å². The maximum Gasteiger partial charge on any atom is 0.338 e. The Morgan fingerprint density at radius 2 is 1.69 bits per heavy atom. The van der Waals surface area contributed by atoms with E-state index in [1.54, 1.807) is 0 Å². The number of esters is 1. The molecule has 0 bridgehead atoms. The fourth-order valence-corrected chi connectivity index (χ4v) is 2.71. The normalized spacial score (nSPS) is 12.5. The van der Waals surface area contributed by atoms with Crippen LogP contribution in [-0.4, -0.2) is 37.0 Å². The number of rotatable bonds is 10. The van der Waals surface area contributed by atoms with Gasteiger partial charge in [0, 0.05) is 12.5 Å². The van der Waals surface area contributed by atoms with Gasteiger partial charge in [-0.3, -0.25) is 9.59 Å². The van der Waals surface area contributed by atoms with E-state index in [1.165, 1.54) is 31.2 Å². The fraction of sp³-hybridized carbons (Fsp3) is 0.318. The molecule has 7 nitrogen and oxygen atoms in total. The molecule has 0 saturated carbocycles. The maximum atomic E-state index is 12.3. The van der Waals surface area contributed by atoms with E-state index in [0.717, 1.165) is 12.0 Å². The zero-order valence-electron chi connectivity index (χ0n) is 16.6. The van der Waals surface area contributed by atoms with Crippen molar-refractivity contribution in [1.82, 2.24) is 5.32 Å². The number of carbonyl (C=O) groups excluding carboxylic acids is 3. The molecule has 7 heteroatoms. The van der Waals surface area contributed by atoms with Crippen molar-refractivity contribution in [2.24, 2.45) is 5.73 Å². The molecule has 2 rings (SSSR count).